The van der Waals surface area contributed by atoms with Crippen LogP contribution in [0, 0.1) is 0 Å². The Kier molecular flexibility index (Phi) is 6.24. The molecule has 0 radical (unpaired) electrons. The lowest BCUT2D eigenvalue weighted by atomic mass is 9.95. The van der Waals surface area contributed by atoms with E-state index in [0.717, 1.165) is 13.0 Å². The molecule has 0 fully saturated rings. The molecule has 4 heteroatoms. The zero-order chi connectivity index (χ0) is 17.5. The van der Waals surface area contributed by atoms with E-state index in [-0.39, 0.29) is 6.61 Å². The number of hydrogen-bond donors (Lipinski definition) is 2. The molecule has 0 aromatic heterocycles. The summed E-state index contributed by atoms with van der Waals surface area (Å²) in [4.78, 5) is 10.5. The first-order valence-electron chi connectivity index (χ1n) is 8.29. The Bertz CT molecular complexity index is 678. The van der Waals surface area contributed by atoms with Gasteiger partial charge in [-0.15, -0.1) is 0 Å². The third kappa shape index (κ3) is 5.01. The van der Waals surface area contributed by atoms with Gasteiger partial charge in [0, 0.05) is 12.2 Å². The average Bonchev–Trinajstić information content (AvgIpc) is 2.55. The standard InChI is InChI=1S/C20H25NO3/c1-4-21-19-10-7-16(12-18(19)14(2)3)11-15-5-8-17(9-6-15)24-13-20(22)23/h5-10,12,14,21H,4,11,13H2,1-3H3,(H,22,23). The minimum Gasteiger partial charge on any atom is -0.482 e. The molecule has 0 aliphatic carbocycles. The molecule has 24 heavy (non-hydrogen) atoms. The molecule has 4 nitrogen and oxygen atoms in total. The molecule has 0 aliphatic heterocycles. The number of hydrogen-bond acceptors (Lipinski definition) is 3. The molecule has 0 unspecified atom stereocenters. The molecular formula is C20H25NO3. The third-order valence-corrected chi connectivity index (χ3v) is 3.80. The minimum absolute atomic E-state index is 0.316. The predicted molar refractivity (Wildman–Crippen MR) is 97.1 cm³/mol. The second kappa shape index (κ2) is 8.39. The lowest BCUT2D eigenvalue weighted by molar-refractivity contribution is -0.139. The number of carboxylic acid groups (broad SMARTS) is 1. The summed E-state index contributed by atoms with van der Waals surface area (Å²) >= 11 is 0. The Morgan fingerprint density at radius 1 is 1.12 bits per heavy atom. The van der Waals surface area contributed by atoms with E-state index in [2.05, 4.69) is 44.3 Å². The van der Waals surface area contributed by atoms with E-state index in [1.807, 2.05) is 24.3 Å². The van der Waals surface area contributed by atoms with Crippen LogP contribution < -0.4 is 10.1 Å². The maximum Gasteiger partial charge on any atom is 0.341 e. The number of anilines is 1. The van der Waals surface area contributed by atoms with Crippen LogP contribution in [0.15, 0.2) is 42.5 Å². The van der Waals surface area contributed by atoms with Gasteiger partial charge < -0.3 is 15.2 Å². The molecule has 0 heterocycles. The highest BCUT2D eigenvalue weighted by molar-refractivity contribution is 5.68. The Balaban J connectivity index is 2.10. The number of ether oxygens (including phenoxy) is 1. The van der Waals surface area contributed by atoms with E-state index in [4.69, 9.17) is 9.84 Å². The minimum atomic E-state index is -0.971. The smallest absolute Gasteiger partial charge is 0.341 e. The highest BCUT2D eigenvalue weighted by Crippen LogP contribution is 2.26. The summed E-state index contributed by atoms with van der Waals surface area (Å²) in [6.45, 7) is 7.11. The van der Waals surface area contributed by atoms with Gasteiger partial charge >= 0.3 is 5.97 Å². The van der Waals surface area contributed by atoms with Crippen molar-refractivity contribution in [2.45, 2.75) is 33.1 Å². The van der Waals surface area contributed by atoms with Crippen LogP contribution in [-0.2, 0) is 11.2 Å². The second-order valence-corrected chi connectivity index (χ2v) is 6.11. The molecule has 0 atom stereocenters. The fourth-order valence-electron chi connectivity index (χ4n) is 2.64. The molecule has 0 saturated heterocycles. The predicted octanol–water partition coefficient (Wildman–Crippen LogP) is 4.30. The summed E-state index contributed by atoms with van der Waals surface area (Å²) in [5.74, 6) is 0.0679. The monoisotopic (exact) mass is 327 g/mol. The van der Waals surface area contributed by atoms with Gasteiger partial charge in [-0.25, -0.2) is 4.79 Å². The molecule has 2 N–H and O–H groups in total. The fourth-order valence-corrected chi connectivity index (χ4v) is 2.64. The largest absolute Gasteiger partial charge is 0.482 e. The zero-order valence-corrected chi connectivity index (χ0v) is 14.5. The van der Waals surface area contributed by atoms with Gasteiger partial charge in [0.1, 0.15) is 5.75 Å². The summed E-state index contributed by atoms with van der Waals surface area (Å²) in [6.07, 6.45) is 0.839. The van der Waals surface area contributed by atoms with Crippen molar-refractivity contribution in [3.05, 3.63) is 59.2 Å². The number of aliphatic carboxylic acids is 1. The maximum absolute atomic E-state index is 10.5. The van der Waals surface area contributed by atoms with Gasteiger partial charge in [0.2, 0.25) is 0 Å². The number of carbonyl (C=O) groups is 1. The zero-order valence-electron chi connectivity index (χ0n) is 14.5. The first kappa shape index (κ1) is 17.9. The number of carboxylic acids is 1. The first-order valence-corrected chi connectivity index (χ1v) is 8.29. The fraction of sp³-hybridized carbons (Fsp3) is 0.350. The van der Waals surface area contributed by atoms with Crippen molar-refractivity contribution in [1.82, 2.24) is 0 Å². The van der Waals surface area contributed by atoms with Crippen LogP contribution in [0.2, 0.25) is 0 Å². The molecule has 2 aromatic rings. The molecule has 0 spiro atoms. The van der Waals surface area contributed by atoms with E-state index >= 15 is 0 Å². The summed E-state index contributed by atoms with van der Waals surface area (Å²) in [6, 6.07) is 14.1. The van der Waals surface area contributed by atoms with Crippen molar-refractivity contribution in [1.29, 1.82) is 0 Å². The van der Waals surface area contributed by atoms with Crippen molar-refractivity contribution < 1.29 is 14.6 Å². The molecule has 2 aromatic carbocycles. The molecule has 128 valence electrons. The summed E-state index contributed by atoms with van der Waals surface area (Å²) in [5, 5.41) is 12.0. The Labute approximate surface area is 143 Å². The van der Waals surface area contributed by atoms with E-state index in [9.17, 15) is 4.79 Å². The number of nitrogens with one attached hydrogen (secondary N) is 1. The highest BCUT2D eigenvalue weighted by atomic mass is 16.5. The van der Waals surface area contributed by atoms with E-state index in [0.29, 0.717) is 11.7 Å². The molecule has 0 bridgehead atoms. The molecule has 0 amide bonds. The van der Waals surface area contributed by atoms with Gasteiger partial charge in [-0.05, 0) is 54.2 Å². The number of benzene rings is 2. The Morgan fingerprint density at radius 2 is 1.79 bits per heavy atom. The maximum atomic E-state index is 10.5. The SMILES string of the molecule is CCNc1ccc(Cc2ccc(OCC(=O)O)cc2)cc1C(C)C. The summed E-state index contributed by atoms with van der Waals surface area (Å²) < 4.78 is 5.16. The van der Waals surface area contributed by atoms with Crippen LogP contribution in [0.4, 0.5) is 5.69 Å². The Hall–Kier alpha value is -2.49. The van der Waals surface area contributed by atoms with Crippen LogP contribution in [0.5, 0.6) is 5.75 Å². The van der Waals surface area contributed by atoms with Crippen LogP contribution in [-0.4, -0.2) is 24.2 Å². The molecule has 2 rings (SSSR count). The molecule has 0 aliphatic rings. The van der Waals surface area contributed by atoms with Gasteiger partial charge in [0.15, 0.2) is 6.61 Å². The third-order valence-electron chi connectivity index (χ3n) is 3.80. The van der Waals surface area contributed by atoms with Crippen LogP contribution >= 0.6 is 0 Å². The van der Waals surface area contributed by atoms with E-state index in [1.54, 1.807) is 0 Å². The van der Waals surface area contributed by atoms with E-state index in [1.165, 1.54) is 22.4 Å². The summed E-state index contributed by atoms with van der Waals surface area (Å²) in [7, 11) is 0. The lowest BCUT2D eigenvalue weighted by Crippen LogP contribution is -2.09. The molecular weight excluding hydrogens is 302 g/mol. The van der Waals surface area contributed by atoms with Gasteiger partial charge in [-0.2, -0.15) is 0 Å². The van der Waals surface area contributed by atoms with Crippen molar-refractivity contribution in [2.75, 3.05) is 18.5 Å². The van der Waals surface area contributed by atoms with Gasteiger partial charge in [-0.3, -0.25) is 0 Å². The van der Waals surface area contributed by atoms with Crippen LogP contribution in [0.25, 0.3) is 0 Å². The number of rotatable bonds is 8. The second-order valence-electron chi connectivity index (χ2n) is 6.11. The van der Waals surface area contributed by atoms with Crippen molar-refractivity contribution >= 4 is 11.7 Å². The summed E-state index contributed by atoms with van der Waals surface area (Å²) in [5.41, 5.74) is 4.97. The van der Waals surface area contributed by atoms with Gasteiger partial charge in [0.05, 0.1) is 0 Å². The van der Waals surface area contributed by atoms with Crippen molar-refractivity contribution in [3.63, 3.8) is 0 Å². The van der Waals surface area contributed by atoms with Gasteiger partial charge in [-0.1, -0.05) is 38.1 Å². The van der Waals surface area contributed by atoms with Crippen molar-refractivity contribution in [2.24, 2.45) is 0 Å². The average molecular weight is 327 g/mol. The van der Waals surface area contributed by atoms with Crippen LogP contribution in [0.1, 0.15) is 43.4 Å². The van der Waals surface area contributed by atoms with Crippen molar-refractivity contribution in [3.8, 4) is 5.75 Å². The lowest BCUT2D eigenvalue weighted by Gasteiger charge is -2.16. The van der Waals surface area contributed by atoms with Gasteiger partial charge in [0.25, 0.3) is 0 Å². The van der Waals surface area contributed by atoms with E-state index < -0.39 is 5.97 Å². The molecule has 0 saturated carbocycles. The topological polar surface area (TPSA) is 58.6 Å². The first-order chi connectivity index (χ1) is 11.5. The quantitative estimate of drug-likeness (QED) is 0.759. The highest BCUT2D eigenvalue weighted by Gasteiger charge is 2.08. The Morgan fingerprint density at radius 3 is 2.38 bits per heavy atom. The normalized spacial score (nSPS) is 10.7. The van der Waals surface area contributed by atoms with Crippen LogP contribution in [0.3, 0.4) is 0 Å².